The highest BCUT2D eigenvalue weighted by atomic mass is 16.5. The van der Waals surface area contributed by atoms with Crippen molar-refractivity contribution < 1.29 is 14.3 Å². The average Bonchev–Trinajstić information content (AvgIpc) is 2.71. The molecule has 1 N–H and O–H groups in total. The molecule has 5 heteroatoms. The molecule has 3 rings (SSSR count). The van der Waals surface area contributed by atoms with Crippen molar-refractivity contribution in [1.29, 1.82) is 0 Å². The highest BCUT2D eigenvalue weighted by molar-refractivity contribution is 5.94. The second kappa shape index (κ2) is 9.42. The molecule has 1 aliphatic heterocycles. The van der Waals surface area contributed by atoms with E-state index in [9.17, 15) is 4.79 Å². The number of benzene rings is 2. The Hall–Kier alpha value is -2.53. The number of hydrogen-bond acceptors (Lipinski definition) is 4. The molecule has 0 aromatic heterocycles. The molecule has 0 saturated heterocycles. The van der Waals surface area contributed by atoms with Crippen LogP contribution >= 0.6 is 0 Å². The summed E-state index contributed by atoms with van der Waals surface area (Å²) in [6.07, 6.45) is 2.04. The fraction of sp³-hybridized carbons (Fsp3) is 0.409. The van der Waals surface area contributed by atoms with Crippen LogP contribution in [0.3, 0.4) is 0 Å². The van der Waals surface area contributed by atoms with Gasteiger partial charge in [0.15, 0.2) is 11.5 Å². The number of nitrogens with one attached hydrogen (secondary N) is 1. The van der Waals surface area contributed by atoms with Gasteiger partial charge in [-0.15, -0.1) is 0 Å². The fourth-order valence-corrected chi connectivity index (χ4v) is 3.44. The maximum atomic E-state index is 12.4. The molecule has 2 aromatic rings. The molecule has 1 heterocycles. The number of carbonyl (C=O) groups excluding carboxylic acids is 1. The van der Waals surface area contributed by atoms with Crippen LogP contribution in [0.2, 0.25) is 0 Å². The molecule has 0 atom stereocenters. The van der Waals surface area contributed by atoms with Gasteiger partial charge in [0.1, 0.15) is 0 Å². The zero-order chi connectivity index (χ0) is 19.1. The largest absolute Gasteiger partial charge is 0.493 e. The smallest absolute Gasteiger partial charge is 0.251 e. The van der Waals surface area contributed by atoms with Crippen LogP contribution in [0.15, 0.2) is 42.5 Å². The van der Waals surface area contributed by atoms with Crippen LogP contribution in [0.25, 0.3) is 0 Å². The van der Waals surface area contributed by atoms with Gasteiger partial charge >= 0.3 is 0 Å². The van der Waals surface area contributed by atoms with Crippen LogP contribution in [0.5, 0.6) is 11.5 Å². The standard InChI is InChI=1S/C22H28N2O3/c1-3-27-20-10-9-18(15-21(20)26-2)22(25)23-12-6-13-24-14-11-17-7-4-5-8-19(17)16-24/h4-5,7-10,15H,3,6,11-14,16H2,1-2H3,(H,23,25). The van der Waals surface area contributed by atoms with Crippen LogP contribution < -0.4 is 14.8 Å². The number of hydrogen-bond donors (Lipinski definition) is 1. The van der Waals surface area contributed by atoms with Gasteiger partial charge in [0.05, 0.1) is 13.7 Å². The minimum Gasteiger partial charge on any atom is -0.493 e. The van der Waals surface area contributed by atoms with Crippen LogP contribution in [-0.2, 0) is 13.0 Å². The van der Waals surface area contributed by atoms with Gasteiger partial charge in [-0.3, -0.25) is 9.69 Å². The number of rotatable bonds is 8. The first kappa shape index (κ1) is 19.2. The van der Waals surface area contributed by atoms with E-state index in [4.69, 9.17) is 9.47 Å². The van der Waals surface area contributed by atoms with E-state index in [0.29, 0.717) is 30.2 Å². The summed E-state index contributed by atoms with van der Waals surface area (Å²) >= 11 is 0. The van der Waals surface area contributed by atoms with E-state index < -0.39 is 0 Å². The van der Waals surface area contributed by atoms with Gasteiger partial charge in [-0.25, -0.2) is 0 Å². The van der Waals surface area contributed by atoms with E-state index in [2.05, 4.69) is 34.5 Å². The first-order chi connectivity index (χ1) is 13.2. The van der Waals surface area contributed by atoms with Crippen molar-refractivity contribution in [2.24, 2.45) is 0 Å². The molecule has 144 valence electrons. The third-order valence-electron chi connectivity index (χ3n) is 4.87. The molecule has 0 bridgehead atoms. The van der Waals surface area contributed by atoms with Gasteiger partial charge in [0.2, 0.25) is 0 Å². The van der Waals surface area contributed by atoms with Crippen LogP contribution in [-0.4, -0.2) is 44.2 Å². The molecular weight excluding hydrogens is 340 g/mol. The minimum absolute atomic E-state index is 0.0830. The van der Waals surface area contributed by atoms with Crippen LogP contribution in [0.4, 0.5) is 0 Å². The van der Waals surface area contributed by atoms with Crippen molar-refractivity contribution in [1.82, 2.24) is 10.2 Å². The Balaban J connectivity index is 1.45. The lowest BCUT2D eigenvalue weighted by Crippen LogP contribution is -2.33. The third-order valence-corrected chi connectivity index (χ3v) is 4.87. The number of ether oxygens (including phenoxy) is 2. The van der Waals surface area contributed by atoms with Crippen molar-refractivity contribution in [2.45, 2.75) is 26.3 Å². The van der Waals surface area contributed by atoms with Gasteiger partial charge in [0, 0.05) is 31.7 Å². The fourth-order valence-electron chi connectivity index (χ4n) is 3.44. The van der Waals surface area contributed by atoms with Crippen molar-refractivity contribution in [3.05, 3.63) is 59.2 Å². The van der Waals surface area contributed by atoms with E-state index in [-0.39, 0.29) is 5.91 Å². The summed E-state index contributed by atoms with van der Waals surface area (Å²) in [5.41, 5.74) is 3.47. The molecule has 0 saturated carbocycles. The van der Waals surface area contributed by atoms with E-state index in [1.807, 2.05) is 6.92 Å². The Morgan fingerprint density at radius 1 is 1.15 bits per heavy atom. The Morgan fingerprint density at radius 2 is 1.96 bits per heavy atom. The SMILES string of the molecule is CCOc1ccc(C(=O)NCCCN2CCc3ccccc3C2)cc1OC. The summed E-state index contributed by atoms with van der Waals surface area (Å²) in [4.78, 5) is 14.8. The number of nitrogens with zero attached hydrogens (tertiary/aromatic N) is 1. The maximum Gasteiger partial charge on any atom is 0.251 e. The highest BCUT2D eigenvalue weighted by Crippen LogP contribution is 2.28. The lowest BCUT2D eigenvalue weighted by atomic mass is 10.00. The van der Waals surface area contributed by atoms with Gasteiger partial charge < -0.3 is 14.8 Å². The second-order valence-corrected chi connectivity index (χ2v) is 6.70. The molecule has 0 radical (unpaired) electrons. The summed E-state index contributed by atoms with van der Waals surface area (Å²) in [5, 5.41) is 3.00. The number of fused-ring (bicyclic) bond motifs is 1. The average molecular weight is 368 g/mol. The first-order valence-electron chi connectivity index (χ1n) is 9.59. The quantitative estimate of drug-likeness (QED) is 0.727. The van der Waals surface area contributed by atoms with Gasteiger partial charge in [-0.1, -0.05) is 24.3 Å². The van der Waals surface area contributed by atoms with Gasteiger partial charge in [-0.2, -0.15) is 0 Å². The van der Waals surface area contributed by atoms with E-state index in [1.54, 1.807) is 25.3 Å². The predicted molar refractivity (Wildman–Crippen MR) is 107 cm³/mol. The summed E-state index contributed by atoms with van der Waals surface area (Å²) in [6, 6.07) is 13.9. The molecule has 27 heavy (non-hydrogen) atoms. The maximum absolute atomic E-state index is 12.4. The van der Waals surface area contributed by atoms with Crippen LogP contribution in [0, 0.1) is 0 Å². The zero-order valence-electron chi connectivity index (χ0n) is 16.2. The molecule has 0 spiro atoms. The number of methoxy groups -OCH3 is 1. The van der Waals surface area contributed by atoms with Crippen molar-refractivity contribution in [3.8, 4) is 11.5 Å². The van der Waals surface area contributed by atoms with Crippen molar-refractivity contribution in [3.63, 3.8) is 0 Å². The molecule has 0 aliphatic carbocycles. The van der Waals surface area contributed by atoms with Crippen molar-refractivity contribution >= 4 is 5.91 Å². The highest BCUT2D eigenvalue weighted by Gasteiger charge is 2.15. The van der Waals surface area contributed by atoms with E-state index in [0.717, 1.165) is 32.5 Å². The predicted octanol–water partition coefficient (Wildman–Crippen LogP) is 3.27. The third kappa shape index (κ3) is 5.01. The van der Waals surface area contributed by atoms with Gasteiger partial charge in [0.25, 0.3) is 5.91 Å². The molecule has 1 aliphatic rings. The Kier molecular flexibility index (Phi) is 6.71. The number of carbonyl (C=O) groups is 1. The first-order valence-corrected chi connectivity index (χ1v) is 9.59. The topological polar surface area (TPSA) is 50.8 Å². The Bertz CT molecular complexity index is 776. The lowest BCUT2D eigenvalue weighted by Gasteiger charge is -2.28. The van der Waals surface area contributed by atoms with E-state index in [1.165, 1.54) is 11.1 Å². The number of amides is 1. The Labute approximate surface area is 161 Å². The van der Waals surface area contributed by atoms with Crippen molar-refractivity contribution in [2.75, 3.05) is 33.4 Å². The molecular formula is C22H28N2O3. The molecule has 5 nitrogen and oxygen atoms in total. The normalized spacial score (nSPS) is 13.7. The van der Waals surface area contributed by atoms with Crippen LogP contribution in [0.1, 0.15) is 34.8 Å². The zero-order valence-corrected chi connectivity index (χ0v) is 16.2. The molecule has 0 unspecified atom stereocenters. The minimum atomic E-state index is -0.0830. The molecule has 2 aromatic carbocycles. The second-order valence-electron chi connectivity index (χ2n) is 6.70. The summed E-state index contributed by atoms with van der Waals surface area (Å²) < 4.78 is 10.8. The summed E-state index contributed by atoms with van der Waals surface area (Å²) in [5.74, 6) is 1.15. The summed E-state index contributed by atoms with van der Waals surface area (Å²) in [6.45, 7) is 6.21. The molecule has 1 amide bonds. The molecule has 0 fully saturated rings. The van der Waals surface area contributed by atoms with Gasteiger partial charge in [-0.05, 0) is 49.1 Å². The monoisotopic (exact) mass is 368 g/mol. The van der Waals surface area contributed by atoms with E-state index >= 15 is 0 Å². The Morgan fingerprint density at radius 3 is 2.74 bits per heavy atom. The summed E-state index contributed by atoms with van der Waals surface area (Å²) in [7, 11) is 1.58. The lowest BCUT2D eigenvalue weighted by molar-refractivity contribution is 0.0951.